The predicted molar refractivity (Wildman–Crippen MR) is 33.5 cm³/mol. The van der Waals surface area contributed by atoms with Crippen LogP contribution in [0.3, 0.4) is 0 Å². The Labute approximate surface area is 53.0 Å². The molecule has 0 unspecified atom stereocenters. The van der Waals surface area contributed by atoms with Crippen molar-refractivity contribution in [3.63, 3.8) is 0 Å². The van der Waals surface area contributed by atoms with Gasteiger partial charge >= 0.3 is 0 Å². The maximum Gasteiger partial charge on any atom is 0.126 e. The molecule has 4 nitrogen and oxygen atoms in total. The maximum absolute atomic E-state index is 7.13. The van der Waals surface area contributed by atoms with Crippen molar-refractivity contribution in [1.82, 2.24) is 15.0 Å². The van der Waals surface area contributed by atoms with E-state index >= 15 is 0 Å². The third-order valence-corrected chi connectivity index (χ3v) is 0.987. The normalized spacial score (nSPS) is 9.56. The summed E-state index contributed by atoms with van der Waals surface area (Å²) in [6.45, 7) is 1.68. The zero-order valence-corrected chi connectivity index (χ0v) is 5.42. The van der Waals surface area contributed by atoms with Gasteiger partial charge in [-0.15, -0.1) is 5.10 Å². The van der Waals surface area contributed by atoms with Gasteiger partial charge in [-0.25, -0.2) is 0 Å². The first kappa shape index (κ1) is 5.94. The first-order valence-corrected chi connectivity index (χ1v) is 2.62. The van der Waals surface area contributed by atoms with Crippen molar-refractivity contribution in [2.45, 2.75) is 6.92 Å². The van der Waals surface area contributed by atoms with Crippen molar-refractivity contribution in [2.75, 3.05) is 0 Å². The Morgan fingerprint density at radius 3 is 2.67 bits per heavy atom. The Kier molecular flexibility index (Phi) is 1.30. The molecule has 0 spiro atoms. The lowest BCUT2D eigenvalue weighted by molar-refractivity contribution is 0.714. The number of rotatable bonds is 1. The Morgan fingerprint density at radius 1 is 1.78 bits per heavy atom. The number of aryl methyl sites for hydroxylation is 1. The minimum absolute atomic E-state index is 0.447. The topological polar surface area (TPSA) is 54.6 Å². The van der Waals surface area contributed by atoms with Crippen LogP contribution in [-0.4, -0.2) is 20.7 Å². The molecular weight excluding hydrogens is 116 g/mol. The highest BCUT2D eigenvalue weighted by Crippen LogP contribution is 1.90. The summed E-state index contributed by atoms with van der Waals surface area (Å²) in [5.74, 6) is 0. The van der Waals surface area contributed by atoms with Crippen LogP contribution in [0, 0.1) is 5.41 Å². The minimum Gasteiger partial charge on any atom is -0.303 e. The van der Waals surface area contributed by atoms with Gasteiger partial charge in [0.05, 0.1) is 11.9 Å². The number of aromatic nitrogens is 3. The highest BCUT2D eigenvalue weighted by molar-refractivity contribution is 5.93. The summed E-state index contributed by atoms with van der Waals surface area (Å²) in [6.07, 6.45) is 1.71. The van der Waals surface area contributed by atoms with Gasteiger partial charge < -0.3 is 5.41 Å². The van der Waals surface area contributed by atoms with Crippen LogP contribution < -0.4 is 0 Å². The molecule has 0 radical (unpaired) electrons. The minimum atomic E-state index is 0.447. The van der Waals surface area contributed by atoms with Gasteiger partial charge in [-0.2, -0.15) is 0 Å². The number of nitrogens with one attached hydrogen (secondary N) is 1. The van der Waals surface area contributed by atoms with E-state index in [2.05, 4.69) is 10.3 Å². The summed E-state index contributed by atoms with van der Waals surface area (Å²) in [5.41, 5.74) is 1.08. The van der Waals surface area contributed by atoms with Crippen LogP contribution in [0.25, 0.3) is 0 Å². The third kappa shape index (κ3) is 1.13. The summed E-state index contributed by atoms with van der Waals surface area (Å²) < 4.78 is 1.58. The molecule has 1 aromatic rings. The van der Waals surface area contributed by atoms with Gasteiger partial charge in [0.1, 0.15) is 5.69 Å². The molecule has 0 bridgehead atoms. The first-order chi connectivity index (χ1) is 4.20. The monoisotopic (exact) mass is 124 g/mol. The first-order valence-electron chi connectivity index (χ1n) is 2.62. The molecule has 9 heavy (non-hydrogen) atoms. The maximum atomic E-state index is 7.13. The van der Waals surface area contributed by atoms with E-state index in [0.717, 1.165) is 0 Å². The van der Waals surface area contributed by atoms with E-state index in [1.54, 1.807) is 24.9 Å². The fraction of sp³-hybridized carbons (Fsp3) is 0.400. The second-order valence-electron chi connectivity index (χ2n) is 1.90. The van der Waals surface area contributed by atoms with Crippen LogP contribution >= 0.6 is 0 Å². The summed E-state index contributed by atoms with van der Waals surface area (Å²) in [5, 5.41) is 14.5. The van der Waals surface area contributed by atoms with Gasteiger partial charge in [0.25, 0.3) is 0 Å². The van der Waals surface area contributed by atoms with Crippen molar-refractivity contribution < 1.29 is 0 Å². The van der Waals surface area contributed by atoms with Gasteiger partial charge in [-0.1, -0.05) is 5.21 Å². The molecule has 0 saturated carbocycles. The van der Waals surface area contributed by atoms with Crippen LogP contribution in [0.1, 0.15) is 12.6 Å². The average molecular weight is 124 g/mol. The number of hydrogen-bond acceptors (Lipinski definition) is 3. The molecule has 0 aliphatic heterocycles. The Balaban J connectivity index is 2.98. The smallest absolute Gasteiger partial charge is 0.126 e. The molecule has 0 aromatic carbocycles. The summed E-state index contributed by atoms with van der Waals surface area (Å²) in [7, 11) is 1.78. The molecule has 0 amide bonds. The van der Waals surface area contributed by atoms with Crippen molar-refractivity contribution in [1.29, 1.82) is 5.41 Å². The SMILES string of the molecule is CC(=N)c1cn(C)nn1. The van der Waals surface area contributed by atoms with E-state index < -0.39 is 0 Å². The number of nitrogens with zero attached hydrogens (tertiary/aromatic N) is 3. The van der Waals surface area contributed by atoms with Crippen molar-refractivity contribution in [3.8, 4) is 0 Å². The lowest BCUT2D eigenvalue weighted by atomic mass is 10.3. The summed E-state index contributed by atoms with van der Waals surface area (Å²) >= 11 is 0. The van der Waals surface area contributed by atoms with Gasteiger partial charge in [-0.05, 0) is 6.92 Å². The van der Waals surface area contributed by atoms with Crippen molar-refractivity contribution in [3.05, 3.63) is 11.9 Å². The van der Waals surface area contributed by atoms with E-state index in [1.807, 2.05) is 0 Å². The van der Waals surface area contributed by atoms with Crippen LogP contribution in [0.4, 0.5) is 0 Å². The van der Waals surface area contributed by atoms with Gasteiger partial charge in [0, 0.05) is 7.05 Å². The van der Waals surface area contributed by atoms with Crippen molar-refractivity contribution >= 4 is 5.71 Å². The van der Waals surface area contributed by atoms with Crippen molar-refractivity contribution in [2.24, 2.45) is 7.05 Å². The zero-order valence-electron chi connectivity index (χ0n) is 5.42. The van der Waals surface area contributed by atoms with E-state index in [0.29, 0.717) is 11.4 Å². The molecule has 1 N–H and O–H groups in total. The Morgan fingerprint density at radius 2 is 2.44 bits per heavy atom. The Bertz CT molecular complexity index is 225. The predicted octanol–water partition coefficient (Wildman–Crippen LogP) is 0.203. The molecule has 1 aromatic heterocycles. The second kappa shape index (κ2) is 1.97. The molecule has 0 aliphatic carbocycles. The summed E-state index contributed by atoms with van der Waals surface area (Å²) in [4.78, 5) is 0. The van der Waals surface area contributed by atoms with Gasteiger partial charge in [0.15, 0.2) is 0 Å². The lowest BCUT2D eigenvalue weighted by Crippen LogP contribution is -1.90. The average Bonchev–Trinajstić information content (AvgIpc) is 2.14. The number of hydrogen-bond donors (Lipinski definition) is 1. The largest absolute Gasteiger partial charge is 0.303 e. The van der Waals surface area contributed by atoms with Gasteiger partial charge in [-0.3, -0.25) is 4.68 Å². The molecule has 0 aliphatic rings. The Hall–Kier alpha value is -1.19. The van der Waals surface area contributed by atoms with E-state index in [9.17, 15) is 0 Å². The van der Waals surface area contributed by atoms with Gasteiger partial charge in [0.2, 0.25) is 0 Å². The fourth-order valence-corrected chi connectivity index (χ4v) is 0.519. The van der Waals surface area contributed by atoms with Crippen LogP contribution in [0.15, 0.2) is 6.20 Å². The molecule has 0 saturated heterocycles. The molecule has 0 fully saturated rings. The molecular formula is C5H8N4. The third-order valence-electron chi connectivity index (χ3n) is 0.987. The lowest BCUT2D eigenvalue weighted by Gasteiger charge is -1.82. The van der Waals surface area contributed by atoms with Crippen LogP contribution in [-0.2, 0) is 7.05 Å². The van der Waals surface area contributed by atoms with Crippen LogP contribution in [0.5, 0.6) is 0 Å². The molecule has 0 atom stereocenters. The van der Waals surface area contributed by atoms with E-state index in [1.165, 1.54) is 0 Å². The quantitative estimate of drug-likeness (QED) is 0.544. The highest BCUT2D eigenvalue weighted by Gasteiger charge is 1.97. The fourth-order valence-electron chi connectivity index (χ4n) is 0.519. The van der Waals surface area contributed by atoms with Crippen LogP contribution in [0.2, 0.25) is 0 Å². The highest BCUT2D eigenvalue weighted by atomic mass is 15.4. The van der Waals surface area contributed by atoms with E-state index in [-0.39, 0.29) is 0 Å². The molecule has 1 heterocycles. The molecule has 1 rings (SSSR count). The zero-order chi connectivity index (χ0) is 6.85. The van der Waals surface area contributed by atoms with E-state index in [4.69, 9.17) is 5.41 Å². The standard InChI is InChI=1S/C5H8N4/c1-4(6)5-3-9(2)8-7-5/h3,6H,1-2H3. The molecule has 4 heteroatoms. The second-order valence-corrected chi connectivity index (χ2v) is 1.90. The summed E-state index contributed by atoms with van der Waals surface area (Å²) in [6, 6.07) is 0. The molecule has 48 valence electrons.